The van der Waals surface area contributed by atoms with E-state index in [-0.39, 0.29) is 22.6 Å². The highest BCUT2D eigenvalue weighted by atomic mass is 16.5. The predicted octanol–water partition coefficient (Wildman–Crippen LogP) is 4.45. The normalized spacial score (nSPS) is 12.7. The third-order valence-corrected chi connectivity index (χ3v) is 4.88. The lowest BCUT2D eigenvalue weighted by Gasteiger charge is -2.13. The Balaban J connectivity index is 1.61. The maximum atomic E-state index is 12.9. The number of rotatable bonds is 5. The molecule has 1 aliphatic rings. The van der Waals surface area contributed by atoms with Crippen LogP contribution in [0.15, 0.2) is 66.7 Å². The Hall–Kier alpha value is -3.93. The summed E-state index contributed by atoms with van der Waals surface area (Å²) in [6, 6.07) is 18.8. The van der Waals surface area contributed by atoms with Gasteiger partial charge in [-0.05, 0) is 56.3 Å². The Labute approximate surface area is 174 Å². The van der Waals surface area contributed by atoms with Crippen LogP contribution in [0.3, 0.4) is 0 Å². The fourth-order valence-corrected chi connectivity index (χ4v) is 3.36. The molecule has 0 aromatic heterocycles. The van der Waals surface area contributed by atoms with Gasteiger partial charge in [-0.3, -0.25) is 14.4 Å². The van der Waals surface area contributed by atoms with Gasteiger partial charge in [-0.25, -0.2) is 4.90 Å². The smallest absolute Gasteiger partial charge is 0.266 e. The Morgan fingerprint density at radius 3 is 2.37 bits per heavy atom. The largest absolute Gasteiger partial charge is 0.492 e. The van der Waals surface area contributed by atoms with E-state index in [0.29, 0.717) is 23.7 Å². The molecule has 0 saturated carbocycles. The summed E-state index contributed by atoms with van der Waals surface area (Å²) in [5.74, 6) is -0.666. The van der Waals surface area contributed by atoms with Gasteiger partial charge in [0.2, 0.25) is 0 Å². The molecule has 4 rings (SSSR count). The Kier molecular flexibility index (Phi) is 5.06. The minimum Gasteiger partial charge on any atom is -0.492 e. The molecular formula is C24H20N2O4. The van der Waals surface area contributed by atoms with Gasteiger partial charge in [-0.2, -0.15) is 0 Å². The third kappa shape index (κ3) is 3.43. The van der Waals surface area contributed by atoms with E-state index in [2.05, 4.69) is 5.32 Å². The highest BCUT2D eigenvalue weighted by Gasteiger charge is 2.37. The summed E-state index contributed by atoms with van der Waals surface area (Å²) >= 11 is 0. The van der Waals surface area contributed by atoms with E-state index >= 15 is 0 Å². The SMILES string of the molecule is CCOc1ccccc1NC(=O)c1ccc2c(c1)C(=O)N(c1ccc(C)cc1)C2=O. The van der Waals surface area contributed by atoms with E-state index in [9.17, 15) is 14.4 Å². The molecule has 0 radical (unpaired) electrons. The number of nitrogens with zero attached hydrogens (tertiary/aromatic N) is 1. The number of benzene rings is 3. The lowest BCUT2D eigenvalue weighted by Crippen LogP contribution is -2.29. The van der Waals surface area contributed by atoms with Gasteiger partial charge >= 0.3 is 0 Å². The van der Waals surface area contributed by atoms with Crippen molar-refractivity contribution >= 4 is 29.1 Å². The summed E-state index contributed by atoms with van der Waals surface area (Å²) in [5.41, 5.74) is 2.85. The van der Waals surface area contributed by atoms with Gasteiger partial charge in [0, 0.05) is 5.56 Å². The zero-order valence-electron chi connectivity index (χ0n) is 16.6. The molecule has 150 valence electrons. The zero-order chi connectivity index (χ0) is 21.3. The monoisotopic (exact) mass is 400 g/mol. The van der Waals surface area contributed by atoms with Crippen LogP contribution in [-0.2, 0) is 0 Å². The van der Waals surface area contributed by atoms with Crippen LogP contribution in [-0.4, -0.2) is 24.3 Å². The van der Waals surface area contributed by atoms with Gasteiger partial charge in [0.1, 0.15) is 5.75 Å². The first kappa shape index (κ1) is 19.4. The molecule has 3 aromatic carbocycles. The number of imide groups is 1. The van der Waals surface area contributed by atoms with Crippen LogP contribution in [0.2, 0.25) is 0 Å². The third-order valence-electron chi connectivity index (χ3n) is 4.88. The summed E-state index contributed by atoms with van der Waals surface area (Å²) in [4.78, 5) is 39.6. The minimum atomic E-state index is -0.441. The molecule has 0 aliphatic carbocycles. The minimum absolute atomic E-state index is 0.214. The summed E-state index contributed by atoms with van der Waals surface area (Å²) in [6.07, 6.45) is 0. The molecule has 1 N–H and O–H groups in total. The van der Waals surface area contributed by atoms with E-state index in [1.165, 1.54) is 12.1 Å². The van der Waals surface area contributed by atoms with E-state index in [0.717, 1.165) is 10.5 Å². The molecule has 0 saturated heterocycles. The maximum Gasteiger partial charge on any atom is 0.266 e. The number of ether oxygens (including phenoxy) is 1. The lowest BCUT2D eigenvalue weighted by atomic mass is 10.1. The second kappa shape index (κ2) is 7.83. The molecule has 3 amide bonds. The average molecular weight is 400 g/mol. The van der Waals surface area contributed by atoms with Crippen LogP contribution in [0.1, 0.15) is 43.6 Å². The van der Waals surface area contributed by atoms with Crippen LogP contribution in [0.5, 0.6) is 5.75 Å². The molecule has 0 spiro atoms. The van der Waals surface area contributed by atoms with E-state index < -0.39 is 11.8 Å². The van der Waals surface area contributed by atoms with Gasteiger partial charge in [0.05, 0.1) is 29.1 Å². The van der Waals surface area contributed by atoms with Crippen LogP contribution in [0, 0.1) is 6.92 Å². The van der Waals surface area contributed by atoms with Crippen molar-refractivity contribution in [1.29, 1.82) is 0 Å². The van der Waals surface area contributed by atoms with E-state index in [1.807, 2.05) is 32.0 Å². The molecule has 6 nitrogen and oxygen atoms in total. The van der Waals surface area contributed by atoms with E-state index in [4.69, 9.17) is 4.74 Å². The van der Waals surface area contributed by atoms with Crippen LogP contribution in [0.25, 0.3) is 0 Å². The fraction of sp³-hybridized carbons (Fsp3) is 0.125. The van der Waals surface area contributed by atoms with Crippen LogP contribution < -0.4 is 15.0 Å². The quantitative estimate of drug-likeness (QED) is 0.642. The second-order valence-corrected chi connectivity index (χ2v) is 6.92. The number of hydrogen-bond acceptors (Lipinski definition) is 4. The van der Waals surface area contributed by atoms with Gasteiger partial charge in [0.25, 0.3) is 17.7 Å². The van der Waals surface area contributed by atoms with Crippen molar-refractivity contribution in [3.63, 3.8) is 0 Å². The summed E-state index contributed by atoms with van der Waals surface area (Å²) in [5, 5.41) is 2.80. The first-order chi connectivity index (χ1) is 14.5. The number of carbonyl (C=O) groups excluding carboxylic acids is 3. The summed E-state index contributed by atoms with van der Waals surface area (Å²) in [6.45, 7) is 4.26. The van der Waals surface area contributed by atoms with Gasteiger partial charge in [-0.1, -0.05) is 29.8 Å². The number of amides is 3. The predicted molar refractivity (Wildman–Crippen MR) is 114 cm³/mol. The standard InChI is InChI=1S/C24H20N2O4/c1-3-30-21-7-5-4-6-20(21)25-22(27)16-10-13-18-19(14-16)24(29)26(23(18)28)17-11-8-15(2)9-12-17/h4-14H,3H2,1-2H3,(H,25,27). The number of nitrogens with one attached hydrogen (secondary N) is 1. The Morgan fingerprint density at radius 2 is 1.63 bits per heavy atom. The summed E-state index contributed by atoms with van der Waals surface area (Å²) in [7, 11) is 0. The van der Waals surface area contributed by atoms with Crippen molar-refractivity contribution in [1.82, 2.24) is 0 Å². The molecule has 6 heteroatoms. The number of aryl methyl sites for hydroxylation is 1. The van der Waals surface area contributed by atoms with Crippen molar-refractivity contribution in [3.8, 4) is 5.75 Å². The lowest BCUT2D eigenvalue weighted by molar-refractivity contribution is 0.0925. The molecule has 0 bridgehead atoms. The number of carbonyl (C=O) groups is 3. The van der Waals surface area contributed by atoms with Gasteiger partial charge in [0.15, 0.2) is 0 Å². The molecule has 0 unspecified atom stereocenters. The molecule has 0 fully saturated rings. The van der Waals surface area contributed by atoms with Gasteiger partial charge in [-0.15, -0.1) is 0 Å². The molecule has 3 aromatic rings. The molecule has 1 heterocycles. The highest BCUT2D eigenvalue weighted by Crippen LogP contribution is 2.30. The van der Waals surface area contributed by atoms with Crippen LogP contribution >= 0.6 is 0 Å². The molecule has 0 atom stereocenters. The first-order valence-electron chi connectivity index (χ1n) is 9.62. The van der Waals surface area contributed by atoms with Crippen molar-refractivity contribution in [2.75, 3.05) is 16.8 Å². The Morgan fingerprint density at radius 1 is 0.933 bits per heavy atom. The van der Waals surface area contributed by atoms with Crippen molar-refractivity contribution in [3.05, 3.63) is 89.0 Å². The fourth-order valence-electron chi connectivity index (χ4n) is 3.36. The van der Waals surface area contributed by atoms with Crippen LogP contribution in [0.4, 0.5) is 11.4 Å². The number of hydrogen-bond donors (Lipinski definition) is 1. The molecule has 1 aliphatic heterocycles. The number of fused-ring (bicyclic) bond motifs is 1. The second-order valence-electron chi connectivity index (χ2n) is 6.92. The van der Waals surface area contributed by atoms with E-state index in [1.54, 1.807) is 36.4 Å². The van der Waals surface area contributed by atoms with Crippen molar-refractivity contribution < 1.29 is 19.1 Å². The van der Waals surface area contributed by atoms with Crippen molar-refractivity contribution in [2.45, 2.75) is 13.8 Å². The highest BCUT2D eigenvalue weighted by molar-refractivity contribution is 6.34. The Bertz CT molecular complexity index is 1150. The maximum absolute atomic E-state index is 12.9. The van der Waals surface area contributed by atoms with Gasteiger partial charge < -0.3 is 10.1 Å². The zero-order valence-corrected chi connectivity index (χ0v) is 16.6. The topological polar surface area (TPSA) is 75.7 Å². The average Bonchev–Trinajstić information content (AvgIpc) is 3.00. The first-order valence-corrected chi connectivity index (χ1v) is 9.62. The summed E-state index contributed by atoms with van der Waals surface area (Å²) < 4.78 is 5.53. The molecule has 30 heavy (non-hydrogen) atoms. The molecular weight excluding hydrogens is 380 g/mol. The number of anilines is 2. The van der Waals surface area contributed by atoms with Crippen molar-refractivity contribution in [2.24, 2.45) is 0 Å². The number of para-hydroxylation sites is 2.